The molecule has 7 heteroatoms. The molecular weight excluding hydrogens is 414 g/mol. The van der Waals surface area contributed by atoms with Crippen molar-refractivity contribution in [3.63, 3.8) is 0 Å². The third kappa shape index (κ3) is 4.52. The van der Waals surface area contributed by atoms with Gasteiger partial charge in [-0.25, -0.2) is 4.79 Å². The number of rotatable bonds is 6. The Morgan fingerprint density at radius 3 is 2.83 bits per heavy atom. The second-order valence-electron chi connectivity index (χ2n) is 7.58. The van der Waals surface area contributed by atoms with Gasteiger partial charge in [0.2, 0.25) is 5.91 Å². The van der Waals surface area contributed by atoms with Crippen molar-refractivity contribution < 1.29 is 4.79 Å². The highest BCUT2D eigenvalue weighted by Crippen LogP contribution is 2.29. The number of carbonyl (C=O) groups is 1. The van der Waals surface area contributed by atoms with Gasteiger partial charge in [-0.2, -0.15) is 4.98 Å². The normalized spacial score (nSPS) is 13.1. The Morgan fingerprint density at radius 2 is 2.03 bits per heavy atom. The summed E-state index contributed by atoms with van der Waals surface area (Å²) in [5.74, 6) is 0.157. The quantitative estimate of drug-likeness (QED) is 0.451. The molecule has 0 atom stereocenters. The molecule has 0 aliphatic heterocycles. The monoisotopic (exact) mass is 439 g/mol. The second kappa shape index (κ2) is 9.18. The third-order valence-electron chi connectivity index (χ3n) is 5.56. The maximum Gasteiger partial charge on any atom is 0.349 e. The number of thioether (sulfide) groups is 1. The average molecular weight is 440 g/mol. The first-order valence-corrected chi connectivity index (χ1v) is 12.0. The molecule has 0 bridgehead atoms. The number of benzene rings is 1. The van der Waals surface area contributed by atoms with Crippen LogP contribution in [0.5, 0.6) is 0 Å². The van der Waals surface area contributed by atoms with Crippen molar-refractivity contribution in [3.8, 4) is 0 Å². The molecule has 0 spiro atoms. The summed E-state index contributed by atoms with van der Waals surface area (Å²) in [7, 11) is 0. The van der Waals surface area contributed by atoms with Crippen molar-refractivity contribution in [2.45, 2.75) is 51.1 Å². The summed E-state index contributed by atoms with van der Waals surface area (Å²) in [6, 6.07) is 9.93. The lowest BCUT2D eigenvalue weighted by molar-refractivity contribution is -0.113. The Labute approximate surface area is 184 Å². The van der Waals surface area contributed by atoms with Gasteiger partial charge < -0.3 is 5.32 Å². The molecule has 156 valence electrons. The summed E-state index contributed by atoms with van der Waals surface area (Å²) in [6.07, 6.45) is 3.97. The molecule has 1 N–H and O–H groups in total. The van der Waals surface area contributed by atoms with Crippen molar-refractivity contribution in [3.05, 3.63) is 73.5 Å². The minimum absolute atomic E-state index is 0.0807. The lowest BCUT2D eigenvalue weighted by Gasteiger charge is -2.22. The van der Waals surface area contributed by atoms with Crippen molar-refractivity contribution >= 4 is 34.7 Å². The fourth-order valence-corrected chi connectivity index (χ4v) is 5.36. The van der Waals surface area contributed by atoms with Crippen molar-refractivity contribution in [2.24, 2.45) is 0 Å². The molecule has 0 radical (unpaired) electrons. The molecule has 2 aromatic heterocycles. The van der Waals surface area contributed by atoms with E-state index in [-0.39, 0.29) is 17.3 Å². The van der Waals surface area contributed by atoms with Gasteiger partial charge in [-0.05, 0) is 68.2 Å². The number of aromatic nitrogens is 2. The zero-order chi connectivity index (χ0) is 21.1. The zero-order valence-corrected chi connectivity index (χ0v) is 18.9. The lowest BCUT2D eigenvalue weighted by Crippen LogP contribution is -2.30. The number of amides is 1. The molecule has 3 aromatic rings. The van der Waals surface area contributed by atoms with Crippen molar-refractivity contribution in [1.82, 2.24) is 9.55 Å². The van der Waals surface area contributed by atoms with Gasteiger partial charge >= 0.3 is 5.69 Å². The largest absolute Gasteiger partial charge is 0.349 e. The van der Waals surface area contributed by atoms with Crippen LogP contribution in [0.4, 0.5) is 5.69 Å². The molecule has 1 aliphatic carbocycles. The van der Waals surface area contributed by atoms with Crippen molar-refractivity contribution in [2.75, 3.05) is 11.1 Å². The van der Waals surface area contributed by atoms with Gasteiger partial charge in [-0.1, -0.05) is 30.0 Å². The predicted octanol–water partition coefficient (Wildman–Crippen LogP) is 4.58. The Kier molecular flexibility index (Phi) is 6.39. The fourth-order valence-electron chi connectivity index (χ4n) is 3.80. The lowest BCUT2D eigenvalue weighted by atomic mass is 9.97. The van der Waals surface area contributed by atoms with Gasteiger partial charge in [0.25, 0.3) is 0 Å². The van der Waals surface area contributed by atoms with Gasteiger partial charge in [0.1, 0.15) is 5.03 Å². The van der Waals surface area contributed by atoms with Gasteiger partial charge in [-0.3, -0.25) is 9.36 Å². The Bertz CT molecular complexity index is 1120. The molecule has 0 saturated carbocycles. The highest BCUT2D eigenvalue weighted by Gasteiger charge is 2.21. The number of fused-ring (bicyclic) bond motifs is 1. The van der Waals surface area contributed by atoms with E-state index in [1.54, 1.807) is 11.3 Å². The van der Waals surface area contributed by atoms with Crippen LogP contribution in [0.2, 0.25) is 0 Å². The van der Waals surface area contributed by atoms with Crippen LogP contribution in [0.15, 0.2) is 45.5 Å². The summed E-state index contributed by atoms with van der Waals surface area (Å²) in [5, 5.41) is 5.73. The first kappa shape index (κ1) is 20.9. The van der Waals surface area contributed by atoms with Crippen LogP contribution in [0.25, 0.3) is 0 Å². The van der Waals surface area contributed by atoms with E-state index in [9.17, 15) is 9.59 Å². The number of hydrogen-bond acceptors (Lipinski definition) is 5. The molecular formula is C23H25N3O2S2. The minimum Gasteiger partial charge on any atom is -0.325 e. The van der Waals surface area contributed by atoms with Crippen molar-refractivity contribution in [1.29, 1.82) is 0 Å². The van der Waals surface area contributed by atoms with Crippen LogP contribution >= 0.6 is 23.1 Å². The van der Waals surface area contributed by atoms with E-state index in [0.717, 1.165) is 58.6 Å². The molecule has 2 heterocycles. The Balaban J connectivity index is 1.53. The summed E-state index contributed by atoms with van der Waals surface area (Å²) in [4.78, 5) is 30.9. The first-order valence-electron chi connectivity index (χ1n) is 10.2. The molecule has 30 heavy (non-hydrogen) atoms. The molecule has 1 aliphatic rings. The third-order valence-corrected chi connectivity index (χ3v) is 7.44. The molecule has 1 amide bonds. The first-order chi connectivity index (χ1) is 14.5. The van der Waals surface area contributed by atoms with E-state index < -0.39 is 0 Å². The average Bonchev–Trinajstić information content (AvgIpc) is 3.25. The smallest absolute Gasteiger partial charge is 0.325 e. The molecule has 0 unspecified atom stereocenters. The highest BCUT2D eigenvalue weighted by molar-refractivity contribution is 8.00. The van der Waals surface area contributed by atoms with Crippen LogP contribution in [0.3, 0.4) is 0 Å². The zero-order valence-electron chi connectivity index (χ0n) is 17.2. The molecule has 1 aromatic carbocycles. The highest BCUT2D eigenvalue weighted by atomic mass is 32.2. The van der Waals surface area contributed by atoms with Crippen LogP contribution in [0, 0.1) is 13.8 Å². The summed E-state index contributed by atoms with van der Waals surface area (Å²) in [5.41, 5.74) is 5.06. The van der Waals surface area contributed by atoms with E-state index >= 15 is 0 Å². The van der Waals surface area contributed by atoms with Crippen LogP contribution in [-0.2, 0) is 24.2 Å². The van der Waals surface area contributed by atoms with Crippen LogP contribution < -0.4 is 11.0 Å². The number of hydrogen-bond donors (Lipinski definition) is 1. The van der Waals surface area contributed by atoms with E-state index in [1.807, 2.05) is 54.1 Å². The van der Waals surface area contributed by atoms with Gasteiger partial charge in [0.15, 0.2) is 0 Å². The Hall–Kier alpha value is -2.38. The molecule has 0 fully saturated rings. The molecule has 0 saturated heterocycles. The number of aryl methyl sites for hydroxylation is 1. The summed E-state index contributed by atoms with van der Waals surface area (Å²) >= 11 is 3.02. The minimum atomic E-state index is -0.221. The maximum absolute atomic E-state index is 12.8. The SMILES string of the molecule is Cc1cccc(NC(=O)CSc2nc(=O)n(Cc3cccs3)c3c2CCCC3)c1C. The van der Waals surface area contributed by atoms with E-state index in [1.165, 1.54) is 11.8 Å². The topological polar surface area (TPSA) is 64.0 Å². The molecule has 5 nitrogen and oxygen atoms in total. The number of carbonyl (C=O) groups excluding carboxylic acids is 1. The summed E-state index contributed by atoms with van der Waals surface area (Å²) in [6.45, 7) is 4.61. The fraction of sp³-hybridized carbons (Fsp3) is 0.348. The van der Waals surface area contributed by atoms with E-state index in [0.29, 0.717) is 11.6 Å². The summed E-state index contributed by atoms with van der Waals surface area (Å²) < 4.78 is 1.82. The van der Waals surface area contributed by atoms with Crippen LogP contribution in [-0.4, -0.2) is 21.2 Å². The number of nitrogens with zero attached hydrogens (tertiary/aromatic N) is 2. The van der Waals surface area contributed by atoms with E-state index in [2.05, 4.69) is 10.3 Å². The predicted molar refractivity (Wildman–Crippen MR) is 124 cm³/mol. The number of thiophene rings is 1. The van der Waals surface area contributed by atoms with Gasteiger partial charge in [0.05, 0.1) is 12.3 Å². The standard InChI is InChI=1S/C23H25N3O2S2/c1-15-7-5-10-19(16(15)2)24-21(27)14-30-22-18-9-3-4-11-20(18)26(23(28)25-22)13-17-8-6-12-29-17/h5-8,10,12H,3-4,9,11,13-14H2,1-2H3,(H,24,27). The number of nitrogens with one attached hydrogen (secondary N) is 1. The second-order valence-corrected chi connectivity index (χ2v) is 9.58. The maximum atomic E-state index is 12.8. The van der Waals surface area contributed by atoms with E-state index in [4.69, 9.17) is 0 Å². The number of anilines is 1. The van der Waals surface area contributed by atoms with Crippen LogP contribution in [0.1, 0.15) is 40.1 Å². The Morgan fingerprint density at radius 1 is 1.20 bits per heavy atom. The van der Waals surface area contributed by atoms with Gasteiger partial charge in [-0.15, -0.1) is 11.3 Å². The van der Waals surface area contributed by atoms with Gasteiger partial charge in [0, 0.05) is 21.8 Å². The molecule has 4 rings (SSSR count).